The third-order valence-corrected chi connectivity index (χ3v) is 4.35. The lowest BCUT2D eigenvalue weighted by Crippen LogP contribution is -2.00. The first-order valence-electron chi connectivity index (χ1n) is 6.43. The van der Waals surface area contributed by atoms with E-state index in [9.17, 15) is 4.79 Å². The van der Waals surface area contributed by atoms with Gasteiger partial charge >= 0.3 is 5.97 Å². The van der Waals surface area contributed by atoms with Crippen LogP contribution in [0.4, 0.5) is 0 Å². The van der Waals surface area contributed by atoms with Gasteiger partial charge in [0.15, 0.2) is 0 Å². The van der Waals surface area contributed by atoms with Gasteiger partial charge in [-0.1, -0.05) is 25.6 Å². The summed E-state index contributed by atoms with van der Waals surface area (Å²) in [6.45, 7) is 6.03. The molecule has 2 rings (SSSR count). The van der Waals surface area contributed by atoms with E-state index in [0.29, 0.717) is 4.47 Å². The first kappa shape index (κ1) is 16.0. The molecule has 0 atom stereocenters. The Hall–Kier alpha value is -1.40. The number of aromatic nitrogens is 2. The number of benzene rings is 1. The Labute approximate surface area is 136 Å². The van der Waals surface area contributed by atoms with Crippen molar-refractivity contribution in [3.05, 3.63) is 45.8 Å². The van der Waals surface area contributed by atoms with Crippen molar-refractivity contribution < 1.29 is 9.90 Å². The number of nitrogens with zero attached hydrogens (tertiary/aromatic N) is 2. The molecule has 0 saturated carbocycles. The Morgan fingerprint density at radius 3 is 2.62 bits per heavy atom. The number of carboxylic acids is 1. The van der Waals surface area contributed by atoms with E-state index in [1.165, 1.54) is 11.8 Å². The van der Waals surface area contributed by atoms with Crippen LogP contribution in [0.1, 0.15) is 41.6 Å². The molecule has 1 N–H and O–H groups in total. The molecular formula is C15H15BrN2O2S. The van der Waals surface area contributed by atoms with Crippen molar-refractivity contribution in [3.8, 4) is 0 Å². The van der Waals surface area contributed by atoms with E-state index < -0.39 is 5.97 Å². The highest BCUT2D eigenvalue weighted by molar-refractivity contribution is 9.10. The average molecular weight is 367 g/mol. The van der Waals surface area contributed by atoms with Gasteiger partial charge in [-0.3, -0.25) is 0 Å². The molecule has 0 radical (unpaired) electrons. The highest BCUT2D eigenvalue weighted by Crippen LogP contribution is 2.30. The molecule has 110 valence electrons. The lowest BCUT2D eigenvalue weighted by Gasteiger charge is -2.08. The Balaban J connectivity index is 2.34. The van der Waals surface area contributed by atoms with Gasteiger partial charge in [0, 0.05) is 21.0 Å². The first-order valence-corrected chi connectivity index (χ1v) is 8.04. The fraction of sp³-hybridized carbons (Fsp3) is 0.267. The summed E-state index contributed by atoms with van der Waals surface area (Å²) in [5, 5.41) is 9.98. The van der Waals surface area contributed by atoms with Crippen molar-refractivity contribution in [2.24, 2.45) is 0 Å². The summed E-state index contributed by atoms with van der Waals surface area (Å²) >= 11 is 4.68. The minimum absolute atomic E-state index is 0.245. The second-order valence-electron chi connectivity index (χ2n) is 4.91. The zero-order chi connectivity index (χ0) is 15.6. The Bertz CT molecular complexity index is 689. The summed E-state index contributed by atoms with van der Waals surface area (Å²) < 4.78 is 0.570. The van der Waals surface area contributed by atoms with Crippen molar-refractivity contribution >= 4 is 33.7 Å². The minimum atomic E-state index is -0.953. The van der Waals surface area contributed by atoms with Gasteiger partial charge in [0.05, 0.1) is 5.56 Å². The molecule has 6 heteroatoms. The summed E-state index contributed by atoms with van der Waals surface area (Å²) in [7, 11) is 0. The van der Waals surface area contributed by atoms with Crippen LogP contribution in [0.5, 0.6) is 0 Å². The second kappa shape index (κ2) is 6.58. The molecule has 0 amide bonds. The van der Waals surface area contributed by atoms with E-state index in [0.717, 1.165) is 21.4 Å². The molecule has 2 aromatic rings. The number of carboxylic acid groups (broad SMARTS) is 1. The maximum atomic E-state index is 11.2. The number of carbonyl (C=O) groups is 1. The topological polar surface area (TPSA) is 63.1 Å². The van der Waals surface area contributed by atoms with Crippen LogP contribution in [-0.2, 0) is 0 Å². The van der Waals surface area contributed by atoms with Crippen molar-refractivity contribution in [3.63, 3.8) is 0 Å². The SMILES string of the molecule is Cc1cc(Sc2ccc(Br)c(C(=O)O)c2)nc(C(C)C)n1. The predicted molar refractivity (Wildman–Crippen MR) is 86.1 cm³/mol. The lowest BCUT2D eigenvalue weighted by molar-refractivity contribution is 0.0695. The van der Waals surface area contributed by atoms with Gasteiger partial charge in [0.1, 0.15) is 10.9 Å². The molecule has 0 spiro atoms. The maximum absolute atomic E-state index is 11.2. The molecule has 0 saturated heterocycles. The van der Waals surface area contributed by atoms with Crippen LogP contribution in [0, 0.1) is 6.92 Å². The summed E-state index contributed by atoms with van der Waals surface area (Å²) in [5.41, 5.74) is 1.15. The van der Waals surface area contributed by atoms with Crippen LogP contribution in [0.3, 0.4) is 0 Å². The van der Waals surface area contributed by atoms with Gasteiger partial charge in [-0.2, -0.15) is 0 Å². The first-order chi connectivity index (χ1) is 9.86. The smallest absolute Gasteiger partial charge is 0.336 e. The molecule has 21 heavy (non-hydrogen) atoms. The van der Waals surface area contributed by atoms with Crippen molar-refractivity contribution in [2.75, 3.05) is 0 Å². The van der Waals surface area contributed by atoms with Crippen molar-refractivity contribution in [1.82, 2.24) is 9.97 Å². The third kappa shape index (κ3) is 4.04. The number of aromatic carboxylic acids is 1. The van der Waals surface area contributed by atoms with Crippen LogP contribution in [0.2, 0.25) is 0 Å². The molecule has 0 bridgehead atoms. The number of hydrogen-bond acceptors (Lipinski definition) is 4. The molecule has 0 unspecified atom stereocenters. The Kier molecular flexibility index (Phi) is 5.00. The summed E-state index contributed by atoms with van der Waals surface area (Å²) in [5.74, 6) is 0.0999. The van der Waals surface area contributed by atoms with Crippen LogP contribution >= 0.6 is 27.7 Å². The molecule has 0 aliphatic heterocycles. The van der Waals surface area contributed by atoms with Gasteiger partial charge in [-0.25, -0.2) is 14.8 Å². The molecule has 1 heterocycles. The third-order valence-electron chi connectivity index (χ3n) is 2.76. The van der Waals surface area contributed by atoms with Crippen LogP contribution < -0.4 is 0 Å². The average Bonchev–Trinajstić information content (AvgIpc) is 2.40. The van der Waals surface area contributed by atoms with Gasteiger partial charge in [-0.05, 0) is 47.1 Å². The van der Waals surface area contributed by atoms with E-state index in [4.69, 9.17) is 5.11 Å². The van der Waals surface area contributed by atoms with Gasteiger partial charge in [-0.15, -0.1) is 0 Å². The molecule has 1 aromatic heterocycles. The van der Waals surface area contributed by atoms with Crippen molar-refractivity contribution in [1.29, 1.82) is 0 Å². The molecule has 1 aromatic carbocycles. The fourth-order valence-corrected chi connectivity index (χ4v) is 3.06. The largest absolute Gasteiger partial charge is 0.478 e. The standard InChI is InChI=1S/C15H15BrN2O2S/c1-8(2)14-17-9(3)6-13(18-14)21-10-4-5-12(16)11(7-10)15(19)20/h4-8H,1-3H3,(H,19,20). The Morgan fingerprint density at radius 2 is 2.00 bits per heavy atom. The highest BCUT2D eigenvalue weighted by atomic mass is 79.9. The number of aryl methyl sites for hydroxylation is 1. The Morgan fingerprint density at radius 1 is 1.29 bits per heavy atom. The van der Waals surface area contributed by atoms with E-state index >= 15 is 0 Å². The lowest BCUT2D eigenvalue weighted by atomic mass is 10.2. The van der Waals surface area contributed by atoms with Gasteiger partial charge < -0.3 is 5.11 Å². The monoisotopic (exact) mass is 366 g/mol. The van der Waals surface area contributed by atoms with Crippen LogP contribution in [0.25, 0.3) is 0 Å². The van der Waals surface area contributed by atoms with E-state index in [1.807, 2.05) is 32.9 Å². The van der Waals surface area contributed by atoms with Crippen LogP contribution in [0.15, 0.2) is 38.7 Å². The zero-order valence-electron chi connectivity index (χ0n) is 11.9. The second-order valence-corrected chi connectivity index (χ2v) is 6.86. The summed E-state index contributed by atoms with van der Waals surface area (Å²) in [6, 6.07) is 7.15. The molecular weight excluding hydrogens is 352 g/mol. The number of rotatable bonds is 4. The van der Waals surface area contributed by atoms with E-state index in [2.05, 4.69) is 25.9 Å². The van der Waals surface area contributed by atoms with Gasteiger partial charge in [0.25, 0.3) is 0 Å². The van der Waals surface area contributed by atoms with E-state index in [-0.39, 0.29) is 11.5 Å². The molecule has 0 aliphatic carbocycles. The van der Waals surface area contributed by atoms with Crippen LogP contribution in [-0.4, -0.2) is 21.0 Å². The summed E-state index contributed by atoms with van der Waals surface area (Å²) in [4.78, 5) is 20.9. The predicted octanol–water partition coefficient (Wildman–Crippen LogP) is 4.52. The number of hydrogen-bond donors (Lipinski definition) is 1. The maximum Gasteiger partial charge on any atom is 0.336 e. The quantitative estimate of drug-likeness (QED) is 0.805. The zero-order valence-corrected chi connectivity index (χ0v) is 14.3. The highest BCUT2D eigenvalue weighted by Gasteiger charge is 2.11. The van der Waals surface area contributed by atoms with E-state index in [1.54, 1.807) is 12.1 Å². The molecule has 4 nitrogen and oxygen atoms in total. The van der Waals surface area contributed by atoms with Gasteiger partial charge in [0.2, 0.25) is 0 Å². The normalized spacial score (nSPS) is 10.9. The van der Waals surface area contributed by atoms with Crippen molar-refractivity contribution in [2.45, 2.75) is 36.6 Å². The molecule has 0 aliphatic rings. The fourth-order valence-electron chi connectivity index (χ4n) is 1.72. The minimum Gasteiger partial charge on any atom is -0.478 e. The molecule has 0 fully saturated rings. The summed E-state index contributed by atoms with van der Waals surface area (Å²) in [6.07, 6.45) is 0. The number of halogens is 1.